The average Bonchev–Trinajstić information content (AvgIpc) is 3.30. The minimum atomic E-state index is -0.186. The first-order valence-corrected chi connectivity index (χ1v) is 8.83. The summed E-state index contributed by atoms with van der Waals surface area (Å²) >= 11 is 0. The predicted octanol–water partition coefficient (Wildman–Crippen LogP) is 2.56. The van der Waals surface area contributed by atoms with Crippen LogP contribution in [0, 0.1) is 0 Å². The summed E-state index contributed by atoms with van der Waals surface area (Å²) in [7, 11) is 0. The molecule has 4 rings (SSSR count). The molecule has 7 heteroatoms. The van der Waals surface area contributed by atoms with Crippen molar-refractivity contribution in [1.82, 2.24) is 30.0 Å². The van der Waals surface area contributed by atoms with Gasteiger partial charge in [-0.3, -0.25) is 14.9 Å². The number of benzene rings is 1. The van der Waals surface area contributed by atoms with Gasteiger partial charge in [-0.1, -0.05) is 12.1 Å². The smallest absolute Gasteiger partial charge is 0.271 e. The number of hydrogen-bond acceptors (Lipinski definition) is 4. The summed E-state index contributed by atoms with van der Waals surface area (Å²) in [5.74, 6) is -0.186. The number of nitrogens with zero attached hydrogens (tertiary/aromatic N) is 4. The third kappa shape index (κ3) is 3.87. The zero-order valence-electron chi connectivity index (χ0n) is 15.0. The average molecular weight is 360 g/mol. The van der Waals surface area contributed by atoms with Gasteiger partial charge in [-0.05, 0) is 49.2 Å². The molecule has 1 aromatic carbocycles. The number of aromatic nitrogens is 5. The topological polar surface area (TPSA) is 88.5 Å². The summed E-state index contributed by atoms with van der Waals surface area (Å²) in [4.78, 5) is 20.8. The van der Waals surface area contributed by atoms with E-state index in [1.807, 2.05) is 47.9 Å². The zero-order chi connectivity index (χ0) is 18.6. The van der Waals surface area contributed by atoms with E-state index in [1.54, 1.807) is 24.8 Å². The van der Waals surface area contributed by atoms with Crippen molar-refractivity contribution in [1.29, 1.82) is 0 Å². The minimum absolute atomic E-state index is 0.00218. The number of imidazole rings is 1. The van der Waals surface area contributed by atoms with E-state index in [2.05, 4.69) is 25.5 Å². The van der Waals surface area contributed by atoms with Crippen molar-refractivity contribution >= 4 is 16.9 Å². The standard InChI is InChI=1S/C20H20N6O/c1-14(10-15-6-8-21-9-7-15)23-20(27)18-11-16(24-25-18)12-26-13-22-17-4-2-3-5-19(17)26/h2-9,11,13-14H,10,12H2,1H3,(H,23,27)(H,24,25)/t14-/m0/s1. The second-order valence-electron chi connectivity index (χ2n) is 6.57. The van der Waals surface area contributed by atoms with Gasteiger partial charge in [-0.25, -0.2) is 4.98 Å². The highest BCUT2D eigenvalue weighted by Gasteiger charge is 2.14. The van der Waals surface area contributed by atoms with Crippen LogP contribution in [0.5, 0.6) is 0 Å². The molecule has 0 spiro atoms. The monoisotopic (exact) mass is 360 g/mol. The van der Waals surface area contributed by atoms with Crippen LogP contribution in [0.25, 0.3) is 11.0 Å². The molecule has 3 aromatic heterocycles. The molecule has 1 amide bonds. The van der Waals surface area contributed by atoms with Gasteiger partial charge in [-0.2, -0.15) is 5.10 Å². The second-order valence-corrected chi connectivity index (χ2v) is 6.57. The maximum absolute atomic E-state index is 12.4. The summed E-state index contributed by atoms with van der Waals surface area (Å²) in [6, 6.07) is 13.6. The van der Waals surface area contributed by atoms with Gasteiger partial charge in [0.15, 0.2) is 0 Å². The Hall–Kier alpha value is -3.48. The van der Waals surface area contributed by atoms with Crippen molar-refractivity contribution in [2.75, 3.05) is 0 Å². The van der Waals surface area contributed by atoms with Crippen molar-refractivity contribution in [3.8, 4) is 0 Å². The van der Waals surface area contributed by atoms with Crippen LogP contribution in [0.4, 0.5) is 0 Å². The normalized spacial score (nSPS) is 12.2. The first-order valence-electron chi connectivity index (χ1n) is 8.83. The molecule has 1 atom stereocenters. The molecule has 3 heterocycles. The van der Waals surface area contributed by atoms with Gasteiger partial charge in [0.25, 0.3) is 5.91 Å². The molecule has 2 N–H and O–H groups in total. The Morgan fingerprint density at radius 1 is 1.22 bits per heavy atom. The number of aromatic amines is 1. The third-order valence-electron chi connectivity index (χ3n) is 4.40. The van der Waals surface area contributed by atoms with Gasteiger partial charge in [0.2, 0.25) is 0 Å². The third-order valence-corrected chi connectivity index (χ3v) is 4.40. The number of carbonyl (C=O) groups excluding carboxylic acids is 1. The molecule has 0 unspecified atom stereocenters. The van der Waals surface area contributed by atoms with Gasteiger partial charge < -0.3 is 9.88 Å². The molecule has 0 fully saturated rings. The lowest BCUT2D eigenvalue weighted by Crippen LogP contribution is -2.34. The zero-order valence-corrected chi connectivity index (χ0v) is 15.0. The van der Waals surface area contributed by atoms with E-state index in [0.29, 0.717) is 12.2 Å². The largest absolute Gasteiger partial charge is 0.348 e. The lowest BCUT2D eigenvalue weighted by molar-refractivity contribution is 0.0935. The quantitative estimate of drug-likeness (QED) is 0.553. The van der Waals surface area contributed by atoms with Gasteiger partial charge in [0.05, 0.1) is 29.6 Å². The van der Waals surface area contributed by atoms with Crippen LogP contribution in [0.15, 0.2) is 61.2 Å². The molecule has 136 valence electrons. The van der Waals surface area contributed by atoms with E-state index in [1.165, 1.54) is 0 Å². The SMILES string of the molecule is C[C@@H](Cc1ccncc1)NC(=O)c1cc(Cn2cnc3ccccc32)[nH]n1. The number of amides is 1. The Bertz CT molecular complexity index is 1050. The minimum Gasteiger partial charge on any atom is -0.348 e. The van der Waals surface area contributed by atoms with Crippen LogP contribution in [-0.2, 0) is 13.0 Å². The van der Waals surface area contributed by atoms with Crippen molar-refractivity contribution in [3.63, 3.8) is 0 Å². The van der Waals surface area contributed by atoms with Crippen molar-refractivity contribution in [3.05, 3.63) is 78.1 Å². The Morgan fingerprint density at radius 3 is 2.89 bits per heavy atom. The van der Waals surface area contributed by atoms with Crippen LogP contribution < -0.4 is 5.32 Å². The summed E-state index contributed by atoms with van der Waals surface area (Å²) < 4.78 is 2.02. The van der Waals surface area contributed by atoms with Gasteiger partial charge in [-0.15, -0.1) is 0 Å². The van der Waals surface area contributed by atoms with Gasteiger partial charge in [0, 0.05) is 18.4 Å². The molecule has 0 aliphatic heterocycles. The molecule has 0 saturated carbocycles. The maximum atomic E-state index is 12.4. The second kappa shape index (κ2) is 7.41. The maximum Gasteiger partial charge on any atom is 0.271 e. The number of carbonyl (C=O) groups is 1. The Balaban J connectivity index is 1.40. The lowest BCUT2D eigenvalue weighted by Gasteiger charge is -2.12. The van der Waals surface area contributed by atoms with Gasteiger partial charge in [0.1, 0.15) is 5.69 Å². The Labute approximate surface area is 156 Å². The van der Waals surface area contributed by atoms with Crippen LogP contribution in [0.2, 0.25) is 0 Å². The number of rotatable bonds is 6. The van der Waals surface area contributed by atoms with E-state index in [0.717, 1.165) is 28.7 Å². The first kappa shape index (κ1) is 17.0. The highest BCUT2D eigenvalue weighted by Crippen LogP contribution is 2.13. The predicted molar refractivity (Wildman–Crippen MR) is 102 cm³/mol. The summed E-state index contributed by atoms with van der Waals surface area (Å²) in [6.45, 7) is 2.55. The van der Waals surface area contributed by atoms with Crippen molar-refractivity contribution in [2.45, 2.75) is 25.9 Å². The van der Waals surface area contributed by atoms with Crippen LogP contribution in [0.3, 0.4) is 0 Å². The Morgan fingerprint density at radius 2 is 2.04 bits per heavy atom. The highest BCUT2D eigenvalue weighted by molar-refractivity contribution is 5.92. The van der Waals surface area contributed by atoms with Crippen LogP contribution in [-0.4, -0.2) is 36.7 Å². The molecule has 0 radical (unpaired) electrons. The summed E-state index contributed by atoms with van der Waals surface area (Å²) in [6.07, 6.45) is 6.04. The van der Waals surface area contributed by atoms with E-state index in [4.69, 9.17) is 0 Å². The van der Waals surface area contributed by atoms with Gasteiger partial charge >= 0.3 is 0 Å². The number of nitrogens with one attached hydrogen (secondary N) is 2. The number of hydrogen-bond donors (Lipinski definition) is 2. The highest BCUT2D eigenvalue weighted by atomic mass is 16.2. The fraction of sp³-hybridized carbons (Fsp3) is 0.200. The van der Waals surface area contributed by atoms with E-state index >= 15 is 0 Å². The fourth-order valence-electron chi connectivity index (χ4n) is 3.10. The lowest BCUT2D eigenvalue weighted by atomic mass is 10.1. The molecule has 0 bridgehead atoms. The van der Waals surface area contributed by atoms with Crippen molar-refractivity contribution < 1.29 is 4.79 Å². The van der Waals surface area contributed by atoms with E-state index in [9.17, 15) is 4.79 Å². The molecular weight excluding hydrogens is 340 g/mol. The number of para-hydroxylation sites is 2. The van der Waals surface area contributed by atoms with Crippen LogP contribution >= 0.6 is 0 Å². The summed E-state index contributed by atoms with van der Waals surface area (Å²) in [5.41, 5.74) is 4.36. The van der Waals surface area contributed by atoms with E-state index in [-0.39, 0.29) is 11.9 Å². The number of fused-ring (bicyclic) bond motifs is 1. The summed E-state index contributed by atoms with van der Waals surface area (Å²) in [5, 5.41) is 10.1. The molecule has 0 aliphatic carbocycles. The van der Waals surface area contributed by atoms with Crippen molar-refractivity contribution in [2.24, 2.45) is 0 Å². The number of pyridine rings is 1. The molecular formula is C20H20N6O. The number of H-pyrrole nitrogens is 1. The molecule has 27 heavy (non-hydrogen) atoms. The molecule has 0 saturated heterocycles. The molecule has 7 nitrogen and oxygen atoms in total. The molecule has 4 aromatic rings. The Kier molecular flexibility index (Phi) is 4.65. The van der Waals surface area contributed by atoms with Crippen LogP contribution in [0.1, 0.15) is 28.7 Å². The fourth-order valence-corrected chi connectivity index (χ4v) is 3.10. The first-order chi connectivity index (χ1) is 13.2. The van der Waals surface area contributed by atoms with E-state index < -0.39 is 0 Å². The molecule has 0 aliphatic rings.